The summed E-state index contributed by atoms with van der Waals surface area (Å²) in [5, 5.41) is 12.9. The van der Waals surface area contributed by atoms with Crippen LogP contribution in [0.2, 0.25) is 0 Å². The fourth-order valence-electron chi connectivity index (χ4n) is 2.08. The molecule has 22 heavy (non-hydrogen) atoms. The van der Waals surface area contributed by atoms with Gasteiger partial charge in [0.15, 0.2) is 5.69 Å². The molecule has 0 aliphatic heterocycles. The molecule has 0 N–H and O–H groups in total. The van der Waals surface area contributed by atoms with Gasteiger partial charge in [0.2, 0.25) is 5.91 Å². The third-order valence-corrected chi connectivity index (χ3v) is 3.06. The monoisotopic (exact) mass is 299 g/mol. The van der Waals surface area contributed by atoms with Crippen molar-refractivity contribution in [2.75, 3.05) is 6.61 Å². The first-order chi connectivity index (χ1) is 10.6. The summed E-state index contributed by atoms with van der Waals surface area (Å²) in [5.74, 6) is -0.677. The summed E-state index contributed by atoms with van der Waals surface area (Å²) in [6.07, 6.45) is 2.94. The van der Waals surface area contributed by atoms with Crippen molar-refractivity contribution in [1.29, 1.82) is 0 Å². The lowest BCUT2D eigenvalue weighted by molar-refractivity contribution is 0.0518. The summed E-state index contributed by atoms with van der Waals surface area (Å²) in [4.78, 5) is 24.4. The summed E-state index contributed by atoms with van der Waals surface area (Å²) in [6.45, 7) is 3.45. The average Bonchev–Trinajstić information content (AvgIpc) is 3.13. The number of nitrogens with zero attached hydrogens (tertiary/aromatic N) is 5. The molecule has 3 rings (SSSR count). The first-order valence-corrected chi connectivity index (χ1v) is 6.68. The highest BCUT2D eigenvalue weighted by molar-refractivity contribution is 5.90. The summed E-state index contributed by atoms with van der Waals surface area (Å²) in [6, 6.07) is 5.29. The minimum Gasteiger partial charge on any atom is -0.461 e. The van der Waals surface area contributed by atoms with Crippen LogP contribution in [0.15, 0.2) is 30.6 Å². The Hall–Kier alpha value is -3.03. The fourth-order valence-corrected chi connectivity index (χ4v) is 2.08. The molecule has 8 nitrogen and oxygen atoms in total. The van der Waals surface area contributed by atoms with Crippen LogP contribution in [0.1, 0.15) is 29.1 Å². The minimum atomic E-state index is -0.515. The van der Waals surface area contributed by atoms with Gasteiger partial charge in [-0.05, 0) is 25.1 Å². The predicted molar refractivity (Wildman–Crippen MR) is 76.9 cm³/mol. The third-order valence-electron chi connectivity index (χ3n) is 3.06. The lowest BCUT2D eigenvalue weighted by Gasteiger charge is -2.01. The first-order valence-electron chi connectivity index (χ1n) is 6.68. The van der Waals surface area contributed by atoms with Crippen LogP contribution in [0, 0.1) is 0 Å². The van der Waals surface area contributed by atoms with Crippen LogP contribution in [0.4, 0.5) is 0 Å². The van der Waals surface area contributed by atoms with Gasteiger partial charge in [-0.1, -0.05) is 0 Å². The Labute approximate surface area is 125 Å². The standard InChI is InChI=1S/C14H13N5O3/c1-3-22-14(21)12-8-16-19(17-12)11-4-5-13-10(6-11)7-15-18(13)9(2)20/h4-8H,3H2,1-2H3. The minimum absolute atomic E-state index is 0.140. The number of esters is 1. The van der Waals surface area contributed by atoms with Gasteiger partial charge in [0.1, 0.15) is 0 Å². The second-order valence-electron chi connectivity index (χ2n) is 4.56. The van der Waals surface area contributed by atoms with Gasteiger partial charge >= 0.3 is 5.97 Å². The molecule has 0 fully saturated rings. The van der Waals surface area contributed by atoms with Crippen molar-refractivity contribution < 1.29 is 14.3 Å². The van der Waals surface area contributed by atoms with E-state index in [1.165, 1.54) is 22.6 Å². The molecule has 2 heterocycles. The van der Waals surface area contributed by atoms with E-state index in [2.05, 4.69) is 15.3 Å². The molecule has 0 aliphatic carbocycles. The molecule has 2 aromatic heterocycles. The van der Waals surface area contributed by atoms with Gasteiger partial charge in [0.25, 0.3) is 0 Å². The lowest BCUT2D eigenvalue weighted by atomic mass is 10.2. The number of carbonyl (C=O) groups is 2. The van der Waals surface area contributed by atoms with Crippen molar-refractivity contribution in [2.45, 2.75) is 13.8 Å². The molecule has 8 heteroatoms. The van der Waals surface area contributed by atoms with E-state index < -0.39 is 5.97 Å². The Morgan fingerprint density at radius 3 is 2.77 bits per heavy atom. The third kappa shape index (κ3) is 2.34. The van der Waals surface area contributed by atoms with Crippen molar-refractivity contribution in [3.05, 3.63) is 36.3 Å². The van der Waals surface area contributed by atoms with Crippen LogP contribution in [0.3, 0.4) is 0 Å². The maximum Gasteiger partial charge on any atom is 0.360 e. The van der Waals surface area contributed by atoms with Gasteiger partial charge in [-0.15, -0.1) is 5.10 Å². The Morgan fingerprint density at radius 2 is 2.05 bits per heavy atom. The van der Waals surface area contributed by atoms with Crippen molar-refractivity contribution in [1.82, 2.24) is 24.8 Å². The van der Waals surface area contributed by atoms with Gasteiger partial charge in [-0.2, -0.15) is 15.0 Å². The molecule has 1 aromatic carbocycles. The number of hydrogen-bond acceptors (Lipinski definition) is 6. The molecule has 0 amide bonds. The highest BCUT2D eigenvalue weighted by Gasteiger charge is 2.13. The Morgan fingerprint density at radius 1 is 1.23 bits per heavy atom. The molecule has 0 saturated heterocycles. The Bertz CT molecular complexity index is 864. The van der Waals surface area contributed by atoms with Crippen molar-refractivity contribution in [3.63, 3.8) is 0 Å². The number of carbonyl (C=O) groups excluding carboxylic acids is 2. The van der Waals surface area contributed by atoms with E-state index in [1.54, 1.807) is 31.3 Å². The smallest absolute Gasteiger partial charge is 0.360 e. The van der Waals surface area contributed by atoms with Crippen molar-refractivity contribution >= 4 is 22.8 Å². The summed E-state index contributed by atoms with van der Waals surface area (Å²) in [5.41, 5.74) is 1.50. The normalized spacial score (nSPS) is 10.8. The zero-order valence-corrected chi connectivity index (χ0v) is 12.1. The number of fused-ring (bicyclic) bond motifs is 1. The zero-order chi connectivity index (χ0) is 15.7. The highest BCUT2D eigenvalue weighted by Crippen LogP contribution is 2.17. The number of ether oxygens (including phenoxy) is 1. The van der Waals surface area contributed by atoms with Gasteiger partial charge in [-0.3, -0.25) is 4.79 Å². The van der Waals surface area contributed by atoms with E-state index in [0.29, 0.717) is 11.2 Å². The molecule has 0 atom stereocenters. The SMILES string of the molecule is CCOC(=O)c1cnn(-c2ccc3c(cnn3C(C)=O)c2)n1. The lowest BCUT2D eigenvalue weighted by Crippen LogP contribution is -2.07. The predicted octanol–water partition coefficient (Wildman–Crippen LogP) is 1.45. The van der Waals surface area contributed by atoms with Crippen molar-refractivity contribution in [2.24, 2.45) is 0 Å². The quantitative estimate of drug-likeness (QED) is 0.680. The second-order valence-corrected chi connectivity index (χ2v) is 4.56. The van der Waals surface area contributed by atoms with Crippen LogP contribution < -0.4 is 0 Å². The molecular formula is C14H13N5O3. The average molecular weight is 299 g/mol. The second kappa shape index (κ2) is 5.40. The highest BCUT2D eigenvalue weighted by atomic mass is 16.5. The summed E-state index contributed by atoms with van der Waals surface area (Å²) >= 11 is 0. The number of hydrogen-bond donors (Lipinski definition) is 0. The van der Waals surface area contributed by atoms with Gasteiger partial charge in [0, 0.05) is 12.3 Å². The van der Waals surface area contributed by atoms with Crippen LogP contribution in [-0.2, 0) is 4.74 Å². The summed E-state index contributed by atoms with van der Waals surface area (Å²) < 4.78 is 6.19. The van der Waals surface area contributed by atoms with Crippen LogP contribution in [0.5, 0.6) is 0 Å². The van der Waals surface area contributed by atoms with Crippen molar-refractivity contribution in [3.8, 4) is 5.69 Å². The maximum absolute atomic E-state index is 11.6. The molecule has 3 aromatic rings. The number of aromatic nitrogens is 5. The first kappa shape index (κ1) is 13.9. The molecule has 0 unspecified atom stereocenters. The van der Waals surface area contributed by atoms with E-state index in [1.807, 2.05) is 0 Å². The zero-order valence-electron chi connectivity index (χ0n) is 12.1. The number of benzene rings is 1. The van der Waals surface area contributed by atoms with E-state index in [4.69, 9.17) is 4.74 Å². The Balaban J connectivity index is 1.97. The molecule has 112 valence electrons. The van der Waals surface area contributed by atoms with E-state index >= 15 is 0 Å². The Kier molecular flexibility index (Phi) is 3.42. The maximum atomic E-state index is 11.6. The molecule has 0 bridgehead atoms. The topological polar surface area (TPSA) is 91.9 Å². The molecule has 0 saturated carbocycles. The van der Waals surface area contributed by atoms with Crippen LogP contribution in [-0.4, -0.2) is 43.3 Å². The molecule has 0 radical (unpaired) electrons. The molecule has 0 aliphatic rings. The van der Waals surface area contributed by atoms with E-state index in [9.17, 15) is 9.59 Å². The van der Waals surface area contributed by atoms with Gasteiger partial charge in [-0.25, -0.2) is 9.48 Å². The molecule has 0 spiro atoms. The summed E-state index contributed by atoms with van der Waals surface area (Å²) in [7, 11) is 0. The van der Waals surface area contributed by atoms with E-state index in [0.717, 1.165) is 5.39 Å². The van der Waals surface area contributed by atoms with Crippen LogP contribution >= 0.6 is 0 Å². The van der Waals surface area contributed by atoms with E-state index in [-0.39, 0.29) is 18.2 Å². The molecular weight excluding hydrogens is 286 g/mol. The number of rotatable bonds is 3. The van der Waals surface area contributed by atoms with Gasteiger partial charge < -0.3 is 4.74 Å². The van der Waals surface area contributed by atoms with Gasteiger partial charge in [0.05, 0.1) is 30.2 Å². The fraction of sp³-hybridized carbons (Fsp3) is 0.214. The largest absolute Gasteiger partial charge is 0.461 e. The van der Waals surface area contributed by atoms with Crippen LogP contribution in [0.25, 0.3) is 16.6 Å².